The van der Waals surface area contributed by atoms with Crippen LogP contribution < -0.4 is 0 Å². The van der Waals surface area contributed by atoms with E-state index < -0.39 is 30.4 Å². The van der Waals surface area contributed by atoms with Gasteiger partial charge in [0.05, 0.1) is 6.21 Å². The molecule has 0 aromatic carbocycles. The van der Waals surface area contributed by atoms with E-state index in [9.17, 15) is 4.79 Å². The van der Waals surface area contributed by atoms with Gasteiger partial charge < -0.3 is 25.5 Å². The lowest BCUT2D eigenvalue weighted by Crippen LogP contribution is -2.36. The number of hydrogen-bond acceptors (Lipinski definition) is 6. The van der Waals surface area contributed by atoms with Crippen molar-refractivity contribution < 1.29 is 24.9 Å². The molecule has 1 fully saturated rings. The van der Waals surface area contributed by atoms with Crippen molar-refractivity contribution in [3.05, 3.63) is 0 Å². The first-order valence-electron chi connectivity index (χ1n) is 3.32. The standard InChI is InChI=1S/C6H9NO5/c7-1-2(8)5-3(9)4(10)6(11)12-5/h1,3-7,9-11H/t3-,4-,5+,6-/m0/s1. The summed E-state index contributed by atoms with van der Waals surface area (Å²) in [5.74, 6) is -0.780. The Morgan fingerprint density at radius 3 is 2.25 bits per heavy atom. The number of carbonyl (C=O) groups is 1. The van der Waals surface area contributed by atoms with E-state index >= 15 is 0 Å². The van der Waals surface area contributed by atoms with Crippen LogP contribution in [0.5, 0.6) is 0 Å². The minimum Gasteiger partial charge on any atom is -0.387 e. The number of ketones is 1. The maximum atomic E-state index is 10.8. The van der Waals surface area contributed by atoms with E-state index in [1.54, 1.807) is 0 Å². The summed E-state index contributed by atoms with van der Waals surface area (Å²) < 4.78 is 4.49. The quantitative estimate of drug-likeness (QED) is 0.351. The highest BCUT2D eigenvalue weighted by atomic mass is 16.6. The van der Waals surface area contributed by atoms with Gasteiger partial charge >= 0.3 is 0 Å². The molecule has 1 heterocycles. The number of nitrogens with one attached hydrogen (secondary N) is 1. The predicted molar refractivity (Wildman–Crippen MR) is 36.7 cm³/mol. The largest absolute Gasteiger partial charge is 0.387 e. The first kappa shape index (κ1) is 9.27. The maximum Gasteiger partial charge on any atom is 0.204 e. The van der Waals surface area contributed by atoms with Gasteiger partial charge in [-0.05, 0) is 0 Å². The number of carbonyl (C=O) groups excluding carboxylic acids is 1. The van der Waals surface area contributed by atoms with Crippen molar-refractivity contribution in [1.82, 2.24) is 0 Å². The van der Waals surface area contributed by atoms with Gasteiger partial charge in [0.15, 0.2) is 12.4 Å². The smallest absolute Gasteiger partial charge is 0.204 e. The molecule has 1 rings (SSSR count). The van der Waals surface area contributed by atoms with Crippen LogP contribution in [0.1, 0.15) is 0 Å². The molecule has 4 N–H and O–H groups in total. The van der Waals surface area contributed by atoms with Crippen LogP contribution in [0.3, 0.4) is 0 Å². The molecule has 1 saturated heterocycles. The minimum atomic E-state index is -1.56. The lowest BCUT2D eigenvalue weighted by atomic mass is 10.1. The Hall–Kier alpha value is -0.820. The molecular weight excluding hydrogens is 166 g/mol. The molecule has 0 amide bonds. The van der Waals surface area contributed by atoms with Crippen molar-refractivity contribution in [2.24, 2.45) is 0 Å². The third kappa shape index (κ3) is 1.37. The van der Waals surface area contributed by atoms with E-state index in [0.29, 0.717) is 6.21 Å². The molecule has 0 unspecified atom stereocenters. The van der Waals surface area contributed by atoms with Gasteiger partial charge in [-0.25, -0.2) is 0 Å². The number of rotatable bonds is 2. The molecule has 0 bridgehead atoms. The van der Waals surface area contributed by atoms with Crippen molar-refractivity contribution in [2.75, 3.05) is 0 Å². The molecule has 1 aliphatic heterocycles. The zero-order chi connectivity index (χ0) is 9.30. The molecule has 12 heavy (non-hydrogen) atoms. The molecule has 6 nitrogen and oxygen atoms in total. The van der Waals surface area contributed by atoms with Crippen molar-refractivity contribution >= 4 is 12.0 Å². The predicted octanol–water partition coefficient (Wildman–Crippen LogP) is -2.36. The second-order valence-corrected chi connectivity index (χ2v) is 2.48. The third-order valence-corrected chi connectivity index (χ3v) is 1.66. The van der Waals surface area contributed by atoms with E-state index in [4.69, 9.17) is 20.7 Å². The van der Waals surface area contributed by atoms with Gasteiger partial charge in [-0.15, -0.1) is 0 Å². The highest BCUT2D eigenvalue weighted by molar-refractivity contribution is 6.28. The Bertz CT molecular complexity index is 206. The van der Waals surface area contributed by atoms with E-state index in [-0.39, 0.29) is 0 Å². The first-order valence-corrected chi connectivity index (χ1v) is 3.32. The normalized spacial score (nSPS) is 41.2. The Balaban J connectivity index is 2.70. The monoisotopic (exact) mass is 175 g/mol. The van der Waals surface area contributed by atoms with Gasteiger partial charge in [-0.1, -0.05) is 0 Å². The van der Waals surface area contributed by atoms with Gasteiger partial charge in [-0.3, -0.25) is 4.79 Å². The molecule has 6 heteroatoms. The van der Waals surface area contributed by atoms with Gasteiger partial charge in [0.2, 0.25) is 5.78 Å². The average molecular weight is 175 g/mol. The number of aliphatic hydroxyl groups excluding tert-OH is 3. The lowest BCUT2D eigenvalue weighted by molar-refractivity contribution is -0.144. The zero-order valence-corrected chi connectivity index (χ0v) is 6.04. The highest BCUT2D eigenvalue weighted by Crippen LogP contribution is 2.19. The van der Waals surface area contributed by atoms with Crippen molar-refractivity contribution in [2.45, 2.75) is 24.6 Å². The summed E-state index contributed by atoms with van der Waals surface area (Å²) in [5, 5.41) is 33.4. The van der Waals surface area contributed by atoms with Crippen molar-refractivity contribution in [3.8, 4) is 0 Å². The molecule has 0 spiro atoms. The van der Waals surface area contributed by atoms with E-state index in [2.05, 4.69) is 4.74 Å². The Morgan fingerprint density at radius 1 is 1.33 bits per heavy atom. The lowest BCUT2D eigenvalue weighted by Gasteiger charge is -2.09. The van der Waals surface area contributed by atoms with Crippen LogP contribution in [0.4, 0.5) is 0 Å². The molecule has 68 valence electrons. The Morgan fingerprint density at radius 2 is 1.92 bits per heavy atom. The van der Waals surface area contributed by atoms with Crippen LogP contribution in [0.25, 0.3) is 0 Å². The van der Waals surface area contributed by atoms with Crippen LogP contribution in [0, 0.1) is 5.41 Å². The van der Waals surface area contributed by atoms with E-state index in [0.717, 1.165) is 0 Å². The SMILES string of the molecule is N=CC(=O)[C@H]1O[C@H](O)[C@@H](O)[C@@H]1O. The van der Waals surface area contributed by atoms with Crippen LogP contribution in [0.2, 0.25) is 0 Å². The highest BCUT2D eigenvalue weighted by Gasteiger charge is 2.44. The van der Waals surface area contributed by atoms with Crippen molar-refractivity contribution in [3.63, 3.8) is 0 Å². The fourth-order valence-electron chi connectivity index (χ4n) is 0.976. The third-order valence-electron chi connectivity index (χ3n) is 1.66. The molecule has 0 radical (unpaired) electrons. The van der Waals surface area contributed by atoms with E-state index in [1.807, 2.05) is 0 Å². The summed E-state index contributed by atoms with van der Waals surface area (Å²) in [6, 6.07) is 0. The van der Waals surface area contributed by atoms with Crippen molar-refractivity contribution in [1.29, 1.82) is 5.41 Å². The molecule has 0 aromatic heterocycles. The number of aliphatic hydroxyl groups is 3. The second-order valence-electron chi connectivity index (χ2n) is 2.48. The van der Waals surface area contributed by atoms with Crippen LogP contribution in [-0.4, -0.2) is 51.9 Å². The summed E-state index contributed by atoms with van der Waals surface area (Å²) in [4.78, 5) is 10.8. The summed E-state index contributed by atoms with van der Waals surface area (Å²) in [7, 11) is 0. The van der Waals surface area contributed by atoms with Gasteiger partial charge in [-0.2, -0.15) is 0 Å². The summed E-state index contributed by atoms with van der Waals surface area (Å²) >= 11 is 0. The van der Waals surface area contributed by atoms with Gasteiger partial charge in [0.1, 0.15) is 12.2 Å². The van der Waals surface area contributed by atoms with E-state index in [1.165, 1.54) is 0 Å². The summed E-state index contributed by atoms with van der Waals surface area (Å²) in [5.41, 5.74) is 0. The maximum absolute atomic E-state index is 10.8. The molecule has 4 atom stereocenters. The van der Waals surface area contributed by atoms with Gasteiger partial charge in [0, 0.05) is 0 Å². The molecule has 0 aromatic rings. The molecule has 1 aliphatic rings. The minimum absolute atomic E-state index is 0.471. The fourth-order valence-corrected chi connectivity index (χ4v) is 0.976. The number of hydrogen-bond donors (Lipinski definition) is 4. The zero-order valence-electron chi connectivity index (χ0n) is 6.04. The van der Waals surface area contributed by atoms with Crippen LogP contribution in [-0.2, 0) is 9.53 Å². The fraction of sp³-hybridized carbons (Fsp3) is 0.667. The molecular formula is C6H9NO5. The molecule has 0 saturated carbocycles. The number of ether oxygens (including phenoxy) is 1. The summed E-state index contributed by atoms with van der Waals surface area (Å²) in [6.07, 6.45) is -5.37. The second kappa shape index (κ2) is 3.28. The average Bonchev–Trinajstić information content (AvgIpc) is 2.32. The molecule has 0 aliphatic carbocycles. The van der Waals surface area contributed by atoms with Gasteiger partial charge in [0.25, 0.3) is 0 Å². The first-order chi connectivity index (χ1) is 5.57. The Kier molecular flexibility index (Phi) is 2.53. The summed E-state index contributed by atoms with van der Waals surface area (Å²) in [6.45, 7) is 0. The Labute approximate surface area is 67.9 Å². The van der Waals surface area contributed by atoms with Crippen LogP contribution >= 0.6 is 0 Å². The van der Waals surface area contributed by atoms with Crippen LogP contribution in [0.15, 0.2) is 0 Å². The topological polar surface area (TPSA) is 111 Å². The number of Topliss-reactive ketones (excluding diaryl/α,β-unsaturated/α-hetero) is 1.